The average molecular weight is 298 g/mol. The van der Waals surface area contributed by atoms with Crippen molar-refractivity contribution >= 4 is 40.7 Å². The number of carbonyl (C=O) groups is 1. The van der Waals surface area contributed by atoms with Gasteiger partial charge in [-0.1, -0.05) is 23.2 Å². The number of rotatable bonds is 3. The Balaban J connectivity index is 2.15. The smallest absolute Gasteiger partial charge is 0.358 e. The highest BCUT2D eigenvalue weighted by Crippen LogP contribution is 2.26. The van der Waals surface area contributed by atoms with E-state index in [1.165, 1.54) is 19.5 Å². The van der Waals surface area contributed by atoms with Gasteiger partial charge in [-0.3, -0.25) is 0 Å². The third-order valence-electron chi connectivity index (χ3n) is 2.24. The largest absolute Gasteiger partial charge is 0.464 e. The van der Waals surface area contributed by atoms with Crippen LogP contribution in [0.25, 0.3) is 0 Å². The lowest BCUT2D eigenvalue weighted by Gasteiger charge is -2.06. The van der Waals surface area contributed by atoms with Crippen molar-refractivity contribution in [2.24, 2.45) is 0 Å². The van der Waals surface area contributed by atoms with Crippen molar-refractivity contribution in [1.29, 1.82) is 0 Å². The van der Waals surface area contributed by atoms with Crippen molar-refractivity contribution in [3.63, 3.8) is 0 Å². The highest BCUT2D eigenvalue weighted by molar-refractivity contribution is 6.42. The van der Waals surface area contributed by atoms with Gasteiger partial charge in [-0.05, 0) is 18.2 Å². The number of esters is 1. The summed E-state index contributed by atoms with van der Waals surface area (Å²) in [6, 6.07) is 5.09. The highest BCUT2D eigenvalue weighted by Gasteiger charge is 2.07. The SMILES string of the molecule is COC(=O)c1cnc(Nc2ccc(Cl)c(Cl)c2)cn1. The molecule has 0 atom stereocenters. The van der Waals surface area contributed by atoms with Crippen molar-refractivity contribution < 1.29 is 9.53 Å². The summed E-state index contributed by atoms with van der Waals surface area (Å²) in [6.45, 7) is 0. The number of nitrogens with zero attached hydrogens (tertiary/aromatic N) is 2. The zero-order valence-corrected chi connectivity index (χ0v) is 11.4. The molecule has 0 radical (unpaired) electrons. The van der Waals surface area contributed by atoms with E-state index in [2.05, 4.69) is 20.0 Å². The minimum atomic E-state index is -0.534. The van der Waals surface area contributed by atoms with Crippen LogP contribution in [-0.2, 0) is 4.74 Å². The number of halogens is 2. The van der Waals surface area contributed by atoms with Gasteiger partial charge in [-0.15, -0.1) is 0 Å². The molecule has 1 N–H and O–H groups in total. The van der Waals surface area contributed by atoms with E-state index in [0.717, 1.165) is 5.69 Å². The molecular formula is C12H9Cl2N3O2. The molecule has 1 aromatic heterocycles. The first-order valence-corrected chi connectivity index (χ1v) is 5.98. The third-order valence-corrected chi connectivity index (χ3v) is 2.98. The van der Waals surface area contributed by atoms with Crippen LogP contribution in [0.15, 0.2) is 30.6 Å². The number of hydrogen-bond donors (Lipinski definition) is 1. The Labute approximate surface area is 119 Å². The molecule has 2 rings (SSSR count). The lowest BCUT2D eigenvalue weighted by Crippen LogP contribution is -2.05. The summed E-state index contributed by atoms with van der Waals surface area (Å²) >= 11 is 11.7. The van der Waals surface area contributed by atoms with Crippen LogP contribution in [0, 0.1) is 0 Å². The highest BCUT2D eigenvalue weighted by atomic mass is 35.5. The number of hydrogen-bond acceptors (Lipinski definition) is 5. The average Bonchev–Trinajstić information content (AvgIpc) is 2.43. The zero-order chi connectivity index (χ0) is 13.8. The van der Waals surface area contributed by atoms with E-state index in [9.17, 15) is 4.79 Å². The molecule has 1 aromatic carbocycles. The summed E-state index contributed by atoms with van der Waals surface area (Å²) < 4.78 is 4.53. The van der Waals surface area contributed by atoms with Gasteiger partial charge in [-0.2, -0.15) is 0 Å². The Morgan fingerprint density at radius 3 is 2.58 bits per heavy atom. The number of anilines is 2. The number of benzene rings is 1. The van der Waals surface area contributed by atoms with E-state index in [4.69, 9.17) is 23.2 Å². The van der Waals surface area contributed by atoms with E-state index in [1.54, 1.807) is 18.2 Å². The summed E-state index contributed by atoms with van der Waals surface area (Å²) in [5, 5.41) is 3.89. The predicted molar refractivity (Wildman–Crippen MR) is 73.1 cm³/mol. The van der Waals surface area contributed by atoms with Crippen LogP contribution in [0.2, 0.25) is 10.0 Å². The molecule has 7 heteroatoms. The van der Waals surface area contributed by atoms with Crippen molar-refractivity contribution in [1.82, 2.24) is 9.97 Å². The fourth-order valence-corrected chi connectivity index (χ4v) is 1.62. The van der Waals surface area contributed by atoms with Crippen LogP contribution < -0.4 is 5.32 Å². The monoisotopic (exact) mass is 297 g/mol. The van der Waals surface area contributed by atoms with Gasteiger partial charge in [0.25, 0.3) is 0 Å². The fourth-order valence-electron chi connectivity index (χ4n) is 1.32. The molecule has 0 unspecified atom stereocenters. The second kappa shape index (κ2) is 5.86. The number of aromatic nitrogens is 2. The van der Waals surface area contributed by atoms with E-state index >= 15 is 0 Å². The molecule has 1 heterocycles. The van der Waals surface area contributed by atoms with E-state index < -0.39 is 5.97 Å². The van der Waals surface area contributed by atoms with E-state index in [-0.39, 0.29) is 5.69 Å². The maximum atomic E-state index is 11.2. The van der Waals surface area contributed by atoms with E-state index in [0.29, 0.717) is 15.9 Å². The van der Waals surface area contributed by atoms with E-state index in [1.807, 2.05) is 0 Å². The first kappa shape index (κ1) is 13.6. The van der Waals surface area contributed by atoms with Crippen LogP contribution in [-0.4, -0.2) is 23.0 Å². The Morgan fingerprint density at radius 1 is 1.21 bits per heavy atom. The second-order valence-electron chi connectivity index (χ2n) is 3.53. The van der Waals surface area contributed by atoms with Crippen LogP contribution in [0.4, 0.5) is 11.5 Å². The molecule has 98 valence electrons. The summed E-state index contributed by atoms with van der Waals surface area (Å²) in [6.07, 6.45) is 2.75. The molecule has 0 aliphatic heterocycles. The minimum Gasteiger partial charge on any atom is -0.464 e. The van der Waals surface area contributed by atoms with Crippen LogP contribution in [0.1, 0.15) is 10.5 Å². The molecule has 0 spiro atoms. The van der Waals surface area contributed by atoms with Crippen molar-refractivity contribution in [3.05, 3.63) is 46.3 Å². The minimum absolute atomic E-state index is 0.141. The second-order valence-corrected chi connectivity index (χ2v) is 4.35. The van der Waals surface area contributed by atoms with Gasteiger partial charge < -0.3 is 10.1 Å². The maximum Gasteiger partial charge on any atom is 0.358 e. The Kier molecular flexibility index (Phi) is 4.19. The first-order valence-electron chi connectivity index (χ1n) is 5.22. The molecule has 0 aliphatic carbocycles. The summed E-state index contributed by atoms with van der Waals surface area (Å²) in [7, 11) is 1.28. The molecule has 0 saturated heterocycles. The first-order chi connectivity index (χ1) is 9.10. The molecular weight excluding hydrogens is 289 g/mol. The van der Waals surface area contributed by atoms with Gasteiger partial charge in [0, 0.05) is 5.69 Å². The molecule has 0 bridgehead atoms. The van der Waals surface area contributed by atoms with Crippen molar-refractivity contribution in [2.45, 2.75) is 0 Å². The number of methoxy groups -OCH3 is 1. The lowest BCUT2D eigenvalue weighted by molar-refractivity contribution is 0.0593. The van der Waals surface area contributed by atoms with Crippen molar-refractivity contribution in [2.75, 3.05) is 12.4 Å². The quantitative estimate of drug-likeness (QED) is 0.881. The number of nitrogens with one attached hydrogen (secondary N) is 1. The maximum absolute atomic E-state index is 11.2. The molecule has 19 heavy (non-hydrogen) atoms. The summed E-state index contributed by atoms with van der Waals surface area (Å²) in [4.78, 5) is 19.2. The molecule has 5 nitrogen and oxygen atoms in total. The molecule has 0 aliphatic rings. The molecule has 0 amide bonds. The zero-order valence-electron chi connectivity index (χ0n) is 9.85. The van der Waals surface area contributed by atoms with Crippen LogP contribution in [0.3, 0.4) is 0 Å². The third kappa shape index (κ3) is 3.33. The standard InChI is InChI=1S/C12H9Cl2N3O2/c1-19-12(18)10-5-16-11(6-15-10)17-7-2-3-8(13)9(14)4-7/h2-6H,1H3,(H,16,17). The van der Waals surface area contributed by atoms with Gasteiger partial charge in [0.05, 0.1) is 29.5 Å². The van der Waals surface area contributed by atoms with Gasteiger partial charge in [0.15, 0.2) is 5.69 Å². The topological polar surface area (TPSA) is 64.1 Å². The molecule has 0 saturated carbocycles. The number of carbonyl (C=O) groups excluding carboxylic acids is 1. The molecule has 2 aromatic rings. The molecule has 0 fully saturated rings. The Bertz CT molecular complexity index is 602. The van der Waals surface area contributed by atoms with Gasteiger partial charge in [-0.25, -0.2) is 14.8 Å². The summed E-state index contributed by atoms with van der Waals surface area (Å²) in [5.41, 5.74) is 0.858. The fraction of sp³-hybridized carbons (Fsp3) is 0.0833. The van der Waals surface area contributed by atoms with Gasteiger partial charge in [0.2, 0.25) is 0 Å². The Morgan fingerprint density at radius 2 is 2.00 bits per heavy atom. The summed E-state index contributed by atoms with van der Waals surface area (Å²) in [5.74, 6) is -0.0559. The van der Waals surface area contributed by atoms with Crippen molar-refractivity contribution in [3.8, 4) is 0 Å². The van der Waals surface area contributed by atoms with Gasteiger partial charge in [0.1, 0.15) is 5.82 Å². The Hall–Kier alpha value is -1.85. The normalized spacial score (nSPS) is 10.1. The van der Waals surface area contributed by atoms with Crippen LogP contribution >= 0.6 is 23.2 Å². The predicted octanol–water partition coefficient (Wildman–Crippen LogP) is 3.31. The van der Waals surface area contributed by atoms with Crippen LogP contribution in [0.5, 0.6) is 0 Å². The number of ether oxygens (including phenoxy) is 1. The van der Waals surface area contributed by atoms with Gasteiger partial charge >= 0.3 is 5.97 Å². The lowest BCUT2D eigenvalue weighted by atomic mass is 10.3.